The van der Waals surface area contributed by atoms with Gasteiger partial charge in [0.15, 0.2) is 0 Å². The van der Waals surface area contributed by atoms with Gasteiger partial charge in [-0.2, -0.15) is 0 Å². The molecule has 6 unspecified atom stereocenters. The summed E-state index contributed by atoms with van der Waals surface area (Å²) in [5.41, 5.74) is 0. The quantitative estimate of drug-likeness (QED) is 0.488. The Morgan fingerprint density at radius 3 is 1.31 bits per heavy atom. The van der Waals surface area contributed by atoms with Crippen LogP contribution < -0.4 is 0 Å². The molecular weight excluding hydrogens is 216 g/mol. The smallest absolute Gasteiger partial charge is 0.219 e. The zero-order valence-corrected chi connectivity index (χ0v) is 9.91. The maximum atomic E-state index is 10.0. The molecule has 1 fully saturated rings. The molecular formula is C10H20O6. The van der Waals surface area contributed by atoms with Crippen molar-refractivity contribution in [3.63, 3.8) is 0 Å². The number of ether oxygens (including phenoxy) is 2. The summed E-state index contributed by atoms with van der Waals surface area (Å²) < 4.78 is 10.4. The maximum absolute atomic E-state index is 10.0. The van der Waals surface area contributed by atoms with Crippen molar-refractivity contribution in [1.29, 1.82) is 0 Å². The molecule has 0 spiro atoms. The second-order valence-electron chi connectivity index (χ2n) is 4.38. The van der Waals surface area contributed by atoms with Gasteiger partial charge in [0, 0.05) is 0 Å². The molecule has 6 heteroatoms. The van der Waals surface area contributed by atoms with Gasteiger partial charge in [-0.25, -0.2) is 0 Å². The molecule has 1 saturated heterocycles. The molecule has 1 aliphatic rings. The number of rotatable bonds is 2. The van der Waals surface area contributed by atoms with Gasteiger partial charge in [0.25, 0.3) is 0 Å². The van der Waals surface area contributed by atoms with Crippen LogP contribution in [0.1, 0.15) is 27.7 Å². The molecule has 0 aromatic rings. The summed E-state index contributed by atoms with van der Waals surface area (Å²) in [5, 5.41) is 38.9. The second-order valence-corrected chi connectivity index (χ2v) is 4.38. The predicted octanol–water partition coefficient (Wildman–Crippen LogP) is -1.05. The van der Waals surface area contributed by atoms with E-state index in [0.29, 0.717) is 0 Å². The minimum absolute atomic E-state index is 0.969. The first-order chi connectivity index (χ1) is 7.14. The summed E-state index contributed by atoms with van der Waals surface area (Å²) >= 11 is 0. The maximum Gasteiger partial charge on any atom is 0.219 e. The van der Waals surface area contributed by atoms with E-state index in [2.05, 4.69) is 0 Å². The van der Waals surface area contributed by atoms with Crippen molar-refractivity contribution < 1.29 is 29.9 Å². The van der Waals surface area contributed by atoms with Crippen LogP contribution >= 0.6 is 0 Å². The first-order valence-electron chi connectivity index (χ1n) is 5.31. The largest absolute Gasteiger partial charge is 0.388 e. The molecule has 0 radical (unpaired) electrons. The molecule has 0 saturated carbocycles. The summed E-state index contributed by atoms with van der Waals surface area (Å²) in [7, 11) is 0. The number of aliphatic hydroxyl groups excluding tert-OH is 2. The summed E-state index contributed by atoms with van der Waals surface area (Å²) in [6.45, 7) is 5.62. The number of hydrogen-bond acceptors (Lipinski definition) is 6. The first-order valence-corrected chi connectivity index (χ1v) is 5.31. The molecule has 0 aliphatic carbocycles. The van der Waals surface area contributed by atoms with Crippen LogP contribution in [0.3, 0.4) is 0 Å². The van der Waals surface area contributed by atoms with Gasteiger partial charge in [-0.15, -0.1) is 0 Å². The molecule has 4 N–H and O–H groups in total. The van der Waals surface area contributed by atoms with E-state index in [9.17, 15) is 20.4 Å². The van der Waals surface area contributed by atoms with Gasteiger partial charge in [-0.3, -0.25) is 0 Å². The normalized spacial score (nSPS) is 48.8. The van der Waals surface area contributed by atoms with Crippen molar-refractivity contribution in [3.8, 4) is 0 Å². The van der Waals surface area contributed by atoms with Crippen LogP contribution in [0.2, 0.25) is 0 Å². The van der Waals surface area contributed by atoms with Crippen LogP contribution in [0.25, 0.3) is 0 Å². The fourth-order valence-electron chi connectivity index (χ4n) is 1.80. The van der Waals surface area contributed by atoms with Gasteiger partial charge >= 0.3 is 0 Å². The van der Waals surface area contributed by atoms with E-state index in [1.54, 1.807) is 0 Å². The van der Waals surface area contributed by atoms with Gasteiger partial charge in [-0.05, 0) is 27.7 Å². The number of aliphatic hydroxyl groups is 4. The minimum Gasteiger partial charge on any atom is -0.388 e. The third kappa shape index (κ3) is 1.97. The van der Waals surface area contributed by atoms with Crippen LogP contribution in [0.15, 0.2) is 0 Å². The van der Waals surface area contributed by atoms with Crippen LogP contribution in [0.5, 0.6) is 0 Å². The fraction of sp³-hybridized carbons (Fsp3) is 1.00. The van der Waals surface area contributed by atoms with E-state index in [4.69, 9.17) is 9.47 Å². The molecule has 6 nitrogen and oxygen atoms in total. The Hall–Kier alpha value is -0.240. The zero-order chi connectivity index (χ0) is 12.7. The average molecular weight is 236 g/mol. The summed E-state index contributed by atoms with van der Waals surface area (Å²) in [5.74, 6) is -3.78. The molecule has 0 aromatic heterocycles. The van der Waals surface area contributed by atoms with Gasteiger partial charge < -0.3 is 29.9 Å². The lowest BCUT2D eigenvalue weighted by atomic mass is 9.97. The van der Waals surface area contributed by atoms with E-state index >= 15 is 0 Å². The Kier molecular flexibility index (Phi) is 3.64. The molecule has 16 heavy (non-hydrogen) atoms. The molecule has 1 rings (SSSR count). The molecule has 1 heterocycles. The SMILES string of the molecule is CC(O)C1(O)OC(C)C(O)(C(C)O)OC1C. The van der Waals surface area contributed by atoms with Crippen LogP contribution in [-0.2, 0) is 9.47 Å². The standard InChI is InChI=1S/C10H20O6/c1-5(11)9(13)7(3)16-10(14,6(2)12)8(4)15-9/h5-8,11-14H,1-4H3. The zero-order valence-electron chi connectivity index (χ0n) is 9.91. The van der Waals surface area contributed by atoms with E-state index in [0.717, 1.165) is 0 Å². The monoisotopic (exact) mass is 236 g/mol. The lowest BCUT2D eigenvalue weighted by molar-refractivity contribution is -0.445. The van der Waals surface area contributed by atoms with Crippen LogP contribution in [0, 0.1) is 0 Å². The second kappa shape index (κ2) is 4.21. The highest BCUT2D eigenvalue weighted by Gasteiger charge is 2.56. The highest BCUT2D eigenvalue weighted by Crippen LogP contribution is 2.36. The van der Waals surface area contributed by atoms with E-state index in [1.165, 1.54) is 27.7 Å². The van der Waals surface area contributed by atoms with Crippen molar-refractivity contribution in [2.75, 3.05) is 0 Å². The van der Waals surface area contributed by atoms with Crippen molar-refractivity contribution in [1.82, 2.24) is 0 Å². The Balaban J connectivity index is 2.94. The van der Waals surface area contributed by atoms with Gasteiger partial charge in [0.2, 0.25) is 11.6 Å². The highest BCUT2D eigenvalue weighted by molar-refractivity contribution is 4.94. The predicted molar refractivity (Wildman–Crippen MR) is 54.4 cm³/mol. The number of hydrogen-bond donors (Lipinski definition) is 4. The Bertz CT molecular complexity index is 230. The third-order valence-corrected chi connectivity index (χ3v) is 3.09. The summed E-state index contributed by atoms with van der Waals surface area (Å²) in [6, 6.07) is 0. The fourth-order valence-corrected chi connectivity index (χ4v) is 1.80. The molecule has 0 amide bonds. The van der Waals surface area contributed by atoms with Crippen LogP contribution in [-0.4, -0.2) is 56.4 Å². The van der Waals surface area contributed by atoms with Crippen molar-refractivity contribution in [2.24, 2.45) is 0 Å². The third-order valence-electron chi connectivity index (χ3n) is 3.09. The molecule has 0 bridgehead atoms. The van der Waals surface area contributed by atoms with Gasteiger partial charge in [0.1, 0.15) is 24.4 Å². The van der Waals surface area contributed by atoms with Gasteiger partial charge in [0.05, 0.1) is 0 Å². The average Bonchev–Trinajstić information content (AvgIpc) is 2.14. The van der Waals surface area contributed by atoms with E-state index in [1.807, 2.05) is 0 Å². The lowest BCUT2D eigenvalue weighted by Crippen LogP contribution is -2.68. The Morgan fingerprint density at radius 1 is 0.875 bits per heavy atom. The van der Waals surface area contributed by atoms with E-state index in [-0.39, 0.29) is 0 Å². The molecule has 1 aliphatic heterocycles. The highest BCUT2D eigenvalue weighted by atomic mass is 16.7. The van der Waals surface area contributed by atoms with E-state index < -0.39 is 36.0 Å². The Morgan fingerprint density at radius 2 is 1.12 bits per heavy atom. The molecule has 0 aromatic carbocycles. The molecule has 96 valence electrons. The van der Waals surface area contributed by atoms with Crippen molar-refractivity contribution in [2.45, 2.75) is 63.7 Å². The Labute approximate surface area is 94.4 Å². The van der Waals surface area contributed by atoms with Gasteiger partial charge in [-0.1, -0.05) is 0 Å². The van der Waals surface area contributed by atoms with Crippen molar-refractivity contribution in [3.05, 3.63) is 0 Å². The summed E-state index contributed by atoms with van der Waals surface area (Å²) in [4.78, 5) is 0. The first kappa shape index (κ1) is 13.8. The topological polar surface area (TPSA) is 99.4 Å². The minimum atomic E-state index is -1.89. The van der Waals surface area contributed by atoms with Crippen LogP contribution in [0.4, 0.5) is 0 Å². The van der Waals surface area contributed by atoms with Crippen molar-refractivity contribution >= 4 is 0 Å². The summed E-state index contributed by atoms with van der Waals surface area (Å²) in [6.07, 6.45) is -4.29. The molecule has 6 atom stereocenters. The lowest BCUT2D eigenvalue weighted by Gasteiger charge is -2.50.